The number of sulfonamides is 1. The van der Waals surface area contributed by atoms with Gasteiger partial charge in [0, 0.05) is 25.6 Å². The average molecular weight is 364 g/mol. The summed E-state index contributed by atoms with van der Waals surface area (Å²) < 4.78 is 27.4. The predicted octanol–water partition coefficient (Wildman–Crippen LogP) is 2.26. The van der Waals surface area contributed by atoms with Gasteiger partial charge in [0.05, 0.1) is 0 Å². The van der Waals surface area contributed by atoms with Crippen LogP contribution in [-0.4, -0.2) is 38.4 Å². The van der Waals surface area contributed by atoms with Gasteiger partial charge in [-0.15, -0.1) is 11.3 Å². The van der Waals surface area contributed by atoms with Crippen molar-refractivity contribution in [2.45, 2.75) is 29.5 Å². The molecule has 3 rings (SSSR count). The van der Waals surface area contributed by atoms with Crippen LogP contribution in [0.5, 0.6) is 0 Å². The van der Waals surface area contributed by atoms with E-state index in [4.69, 9.17) is 0 Å². The summed E-state index contributed by atoms with van der Waals surface area (Å²) in [6, 6.07) is 13.1. The summed E-state index contributed by atoms with van der Waals surface area (Å²) >= 11 is 1.18. The summed E-state index contributed by atoms with van der Waals surface area (Å²) in [7, 11) is -3.52. The number of rotatable bonds is 7. The van der Waals surface area contributed by atoms with E-state index in [2.05, 4.69) is 16.9 Å². The number of benzene rings is 1. The zero-order valence-corrected chi connectivity index (χ0v) is 14.9. The summed E-state index contributed by atoms with van der Waals surface area (Å²) in [5, 5.41) is 1.73. The SMILES string of the molecule is O=C1CC(NS(=O)(=O)c2cccs2)CN1CCCc1ccccc1. The van der Waals surface area contributed by atoms with Crippen LogP contribution in [0.4, 0.5) is 0 Å². The fraction of sp³-hybridized carbons (Fsp3) is 0.353. The van der Waals surface area contributed by atoms with E-state index in [9.17, 15) is 13.2 Å². The van der Waals surface area contributed by atoms with Crippen molar-refractivity contribution >= 4 is 27.3 Å². The summed E-state index contributed by atoms with van der Waals surface area (Å²) in [5.41, 5.74) is 1.25. The van der Waals surface area contributed by atoms with E-state index in [1.807, 2.05) is 18.2 Å². The molecule has 1 unspecified atom stereocenters. The maximum absolute atomic E-state index is 12.2. The molecule has 1 aromatic heterocycles. The van der Waals surface area contributed by atoms with Crippen molar-refractivity contribution in [1.29, 1.82) is 0 Å². The number of hydrogen-bond acceptors (Lipinski definition) is 4. The predicted molar refractivity (Wildman–Crippen MR) is 94.4 cm³/mol. The molecule has 1 aliphatic heterocycles. The van der Waals surface area contributed by atoms with Crippen LogP contribution in [0.3, 0.4) is 0 Å². The van der Waals surface area contributed by atoms with E-state index >= 15 is 0 Å². The number of thiophene rings is 1. The molecular formula is C17H20N2O3S2. The third kappa shape index (κ3) is 4.23. The van der Waals surface area contributed by atoms with E-state index in [1.54, 1.807) is 22.4 Å². The largest absolute Gasteiger partial charge is 0.341 e. The highest BCUT2D eigenvalue weighted by Gasteiger charge is 2.32. The van der Waals surface area contributed by atoms with Crippen LogP contribution in [0, 0.1) is 0 Å². The minimum absolute atomic E-state index is 0.0157. The first-order chi connectivity index (χ1) is 11.5. The Labute approximate surface area is 146 Å². The summed E-state index contributed by atoms with van der Waals surface area (Å²) in [4.78, 5) is 13.8. The molecule has 5 nitrogen and oxygen atoms in total. The number of amides is 1. The van der Waals surface area contributed by atoms with Gasteiger partial charge in [0.15, 0.2) is 0 Å². The lowest BCUT2D eigenvalue weighted by atomic mass is 10.1. The van der Waals surface area contributed by atoms with Crippen molar-refractivity contribution in [3.63, 3.8) is 0 Å². The zero-order valence-electron chi connectivity index (χ0n) is 13.2. The fourth-order valence-electron chi connectivity index (χ4n) is 2.88. The molecule has 1 amide bonds. The molecule has 1 saturated heterocycles. The van der Waals surface area contributed by atoms with E-state index in [0.29, 0.717) is 13.1 Å². The Morgan fingerprint density at radius 3 is 2.67 bits per heavy atom. The van der Waals surface area contributed by atoms with Gasteiger partial charge in [-0.1, -0.05) is 36.4 Å². The normalized spacial score (nSPS) is 18.2. The number of hydrogen-bond donors (Lipinski definition) is 1. The van der Waals surface area contributed by atoms with Crippen molar-refractivity contribution in [2.75, 3.05) is 13.1 Å². The second-order valence-corrected chi connectivity index (χ2v) is 8.77. The van der Waals surface area contributed by atoms with E-state index in [-0.39, 0.29) is 22.6 Å². The van der Waals surface area contributed by atoms with Crippen molar-refractivity contribution in [2.24, 2.45) is 0 Å². The van der Waals surface area contributed by atoms with Crippen molar-refractivity contribution in [3.05, 3.63) is 53.4 Å². The third-order valence-electron chi connectivity index (χ3n) is 4.03. The summed E-state index contributed by atoms with van der Waals surface area (Å²) in [6.07, 6.45) is 2.02. The first-order valence-electron chi connectivity index (χ1n) is 7.92. The first kappa shape index (κ1) is 17.1. The molecule has 1 fully saturated rings. The maximum Gasteiger partial charge on any atom is 0.250 e. The lowest BCUT2D eigenvalue weighted by Crippen LogP contribution is -2.37. The molecule has 2 aromatic rings. The maximum atomic E-state index is 12.2. The Morgan fingerprint density at radius 1 is 1.17 bits per heavy atom. The van der Waals surface area contributed by atoms with Crippen molar-refractivity contribution in [1.82, 2.24) is 9.62 Å². The topological polar surface area (TPSA) is 66.5 Å². The van der Waals surface area contributed by atoms with Crippen LogP contribution in [0.25, 0.3) is 0 Å². The Hall–Kier alpha value is -1.70. The highest BCUT2D eigenvalue weighted by atomic mass is 32.2. The van der Waals surface area contributed by atoms with Gasteiger partial charge < -0.3 is 4.90 Å². The number of nitrogens with zero attached hydrogens (tertiary/aromatic N) is 1. The first-order valence-corrected chi connectivity index (χ1v) is 10.3. The fourth-order valence-corrected chi connectivity index (χ4v) is 5.12. The van der Waals surface area contributed by atoms with Crippen LogP contribution in [0.2, 0.25) is 0 Å². The zero-order chi connectivity index (χ0) is 17.0. The molecule has 0 spiro atoms. The minimum Gasteiger partial charge on any atom is -0.341 e. The van der Waals surface area contributed by atoms with Crippen molar-refractivity contribution < 1.29 is 13.2 Å². The van der Waals surface area contributed by atoms with Gasteiger partial charge in [0.1, 0.15) is 4.21 Å². The van der Waals surface area contributed by atoms with E-state index < -0.39 is 10.0 Å². The molecule has 7 heteroatoms. The standard InChI is InChI=1S/C17H20N2O3S2/c20-16-12-15(18-24(21,22)17-9-5-11-23-17)13-19(16)10-4-8-14-6-2-1-3-7-14/h1-3,5-7,9,11,15,18H,4,8,10,12-13H2. The van der Waals surface area contributed by atoms with Crippen LogP contribution in [-0.2, 0) is 21.2 Å². The minimum atomic E-state index is -3.52. The molecule has 1 atom stereocenters. The highest BCUT2D eigenvalue weighted by Crippen LogP contribution is 2.19. The Balaban J connectivity index is 1.50. The van der Waals surface area contributed by atoms with Crippen LogP contribution in [0.1, 0.15) is 18.4 Å². The van der Waals surface area contributed by atoms with Crippen molar-refractivity contribution in [3.8, 4) is 0 Å². The molecule has 1 N–H and O–H groups in total. The van der Waals surface area contributed by atoms with Gasteiger partial charge in [-0.3, -0.25) is 4.79 Å². The van der Waals surface area contributed by atoms with Gasteiger partial charge in [0.25, 0.3) is 0 Å². The molecule has 1 aliphatic rings. The van der Waals surface area contributed by atoms with Crippen LogP contribution >= 0.6 is 11.3 Å². The van der Waals surface area contributed by atoms with Crippen LogP contribution in [0.15, 0.2) is 52.1 Å². The number of aryl methyl sites for hydroxylation is 1. The quantitative estimate of drug-likeness (QED) is 0.819. The van der Waals surface area contributed by atoms with Gasteiger partial charge in [-0.25, -0.2) is 13.1 Å². The molecule has 1 aromatic carbocycles. The molecule has 2 heterocycles. The van der Waals surface area contributed by atoms with Gasteiger partial charge in [-0.05, 0) is 29.9 Å². The average Bonchev–Trinajstić information content (AvgIpc) is 3.19. The van der Waals surface area contributed by atoms with E-state index in [1.165, 1.54) is 16.9 Å². The number of nitrogens with one attached hydrogen (secondary N) is 1. The second kappa shape index (κ2) is 7.46. The van der Waals surface area contributed by atoms with Gasteiger partial charge in [-0.2, -0.15) is 0 Å². The second-order valence-electron chi connectivity index (χ2n) is 5.88. The summed E-state index contributed by atoms with van der Waals surface area (Å²) in [6.45, 7) is 1.10. The van der Waals surface area contributed by atoms with Gasteiger partial charge >= 0.3 is 0 Å². The summed E-state index contributed by atoms with van der Waals surface area (Å²) in [5.74, 6) is 0.0157. The Kier molecular flexibility index (Phi) is 5.33. The molecule has 0 radical (unpaired) electrons. The molecule has 0 aliphatic carbocycles. The Morgan fingerprint density at radius 2 is 1.96 bits per heavy atom. The highest BCUT2D eigenvalue weighted by molar-refractivity contribution is 7.91. The van der Waals surface area contributed by atoms with Gasteiger partial charge in [0.2, 0.25) is 15.9 Å². The number of likely N-dealkylation sites (tertiary alicyclic amines) is 1. The lowest BCUT2D eigenvalue weighted by Gasteiger charge is -2.17. The van der Waals surface area contributed by atoms with E-state index in [0.717, 1.165) is 12.8 Å². The third-order valence-corrected chi connectivity index (χ3v) is 6.95. The smallest absolute Gasteiger partial charge is 0.250 e. The monoisotopic (exact) mass is 364 g/mol. The molecule has 0 saturated carbocycles. The molecule has 0 bridgehead atoms. The Bertz CT molecular complexity index is 773. The lowest BCUT2D eigenvalue weighted by molar-refractivity contribution is -0.127. The van der Waals surface area contributed by atoms with Crippen LogP contribution < -0.4 is 4.72 Å². The molecular weight excluding hydrogens is 344 g/mol. The molecule has 24 heavy (non-hydrogen) atoms. The number of carbonyl (C=O) groups is 1. The molecule has 128 valence electrons. The number of carbonyl (C=O) groups excluding carboxylic acids is 1.